The number of hydrogen-bond acceptors (Lipinski definition) is 4. The Labute approximate surface area is 151 Å². The fraction of sp³-hybridized carbons (Fsp3) is 0.263. The van der Waals surface area contributed by atoms with E-state index in [2.05, 4.69) is 9.97 Å². The molecule has 0 fully saturated rings. The average Bonchev–Trinajstić information content (AvgIpc) is 3.03. The first-order chi connectivity index (χ1) is 12.1. The van der Waals surface area contributed by atoms with E-state index in [9.17, 15) is 4.79 Å². The van der Waals surface area contributed by atoms with Crippen LogP contribution in [0.5, 0.6) is 5.75 Å². The summed E-state index contributed by atoms with van der Waals surface area (Å²) in [6, 6.07) is 15.4. The summed E-state index contributed by atoms with van der Waals surface area (Å²) in [5.74, 6) is 0.842. The molecule has 1 amide bonds. The first-order valence-electron chi connectivity index (χ1n) is 8.20. The van der Waals surface area contributed by atoms with Gasteiger partial charge in [0.2, 0.25) is 5.91 Å². The predicted octanol–water partition coefficient (Wildman–Crippen LogP) is 4.11. The third kappa shape index (κ3) is 3.96. The number of para-hydroxylation sites is 1. The second-order valence-electron chi connectivity index (χ2n) is 5.65. The minimum absolute atomic E-state index is 0.0339. The molecule has 0 spiro atoms. The van der Waals surface area contributed by atoms with E-state index in [4.69, 9.17) is 4.74 Å². The van der Waals surface area contributed by atoms with Crippen molar-refractivity contribution in [2.24, 2.45) is 0 Å². The van der Waals surface area contributed by atoms with Crippen LogP contribution in [0.15, 0.2) is 53.7 Å². The van der Waals surface area contributed by atoms with E-state index in [-0.39, 0.29) is 11.2 Å². The number of benzene rings is 2. The summed E-state index contributed by atoms with van der Waals surface area (Å²) in [7, 11) is 1.79. The highest BCUT2D eigenvalue weighted by Crippen LogP contribution is 2.27. The molecule has 0 bridgehead atoms. The molecule has 25 heavy (non-hydrogen) atoms. The largest absolute Gasteiger partial charge is 0.494 e. The number of H-pyrrole nitrogens is 1. The van der Waals surface area contributed by atoms with Crippen LogP contribution in [0.4, 0.5) is 5.69 Å². The molecule has 1 aromatic heterocycles. The maximum absolute atomic E-state index is 12.6. The number of carbonyl (C=O) groups is 1. The summed E-state index contributed by atoms with van der Waals surface area (Å²) in [5, 5.41) is 0.475. The molecule has 0 unspecified atom stereocenters. The third-order valence-corrected chi connectivity index (χ3v) is 4.82. The van der Waals surface area contributed by atoms with Gasteiger partial charge in [-0.15, -0.1) is 0 Å². The van der Waals surface area contributed by atoms with Gasteiger partial charge in [0.25, 0.3) is 0 Å². The van der Waals surface area contributed by atoms with Crippen LogP contribution in [0.2, 0.25) is 0 Å². The molecule has 5 nitrogen and oxygen atoms in total. The molecule has 0 aliphatic heterocycles. The number of nitrogens with zero attached hydrogens (tertiary/aromatic N) is 2. The van der Waals surface area contributed by atoms with E-state index in [1.807, 2.05) is 62.4 Å². The van der Waals surface area contributed by atoms with Gasteiger partial charge in [0.05, 0.1) is 22.9 Å². The molecule has 3 rings (SSSR count). The molecule has 0 aliphatic rings. The molecule has 6 heteroatoms. The average molecular weight is 355 g/mol. The summed E-state index contributed by atoms with van der Waals surface area (Å²) in [6.07, 6.45) is 0. The van der Waals surface area contributed by atoms with Crippen molar-refractivity contribution in [2.45, 2.75) is 24.3 Å². The number of thioether (sulfide) groups is 1. The van der Waals surface area contributed by atoms with Crippen molar-refractivity contribution in [2.75, 3.05) is 18.6 Å². The third-order valence-electron chi connectivity index (χ3n) is 3.85. The van der Waals surface area contributed by atoms with Crippen LogP contribution in [0, 0.1) is 0 Å². The maximum Gasteiger partial charge on any atom is 0.240 e. The zero-order chi connectivity index (χ0) is 17.8. The quantitative estimate of drug-likeness (QED) is 0.676. The standard InChI is InChI=1S/C19H21N3O2S/c1-4-24-15-10-11-16-17(12-15)21-19(20-16)25-13(2)18(23)22(3)14-8-6-5-7-9-14/h5-13H,4H2,1-3H3,(H,20,21)/t13-/m1/s1. The van der Waals surface area contributed by atoms with Crippen LogP contribution in [0.1, 0.15) is 13.8 Å². The predicted molar refractivity (Wildman–Crippen MR) is 102 cm³/mol. The van der Waals surface area contributed by atoms with Crippen LogP contribution in [-0.4, -0.2) is 34.8 Å². The molecule has 130 valence electrons. The van der Waals surface area contributed by atoms with Crippen LogP contribution < -0.4 is 9.64 Å². The van der Waals surface area contributed by atoms with Crippen molar-refractivity contribution in [3.63, 3.8) is 0 Å². The number of amides is 1. The fourth-order valence-corrected chi connectivity index (χ4v) is 3.46. The van der Waals surface area contributed by atoms with Crippen LogP contribution in [-0.2, 0) is 4.79 Å². The van der Waals surface area contributed by atoms with Crippen molar-refractivity contribution < 1.29 is 9.53 Å². The SMILES string of the molecule is CCOc1ccc2nc(S[C@H](C)C(=O)N(C)c3ccccc3)[nH]c2c1. The molecule has 0 saturated heterocycles. The van der Waals surface area contributed by atoms with Crippen molar-refractivity contribution in [1.29, 1.82) is 0 Å². The summed E-state index contributed by atoms with van der Waals surface area (Å²) in [5.41, 5.74) is 2.65. The fourth-order valence-electron chi connectivity index (χ4n) is 2.55. The molecule has 0 aliphatic carbocycles. The lowest BCUT2D eigenvalue weighted by atomic mass is 10.3. The molecule has 1 N–H and O–H groups in total. The second kappa shape index (κ2) is 7.61. The van der Waals surface area contributed by atoms with Crippen LogP contribution in [0.3, 0.4) is 0 Å². The van der Waals surface area contributed by atoms with Gasteiger partial charge in [0.15, 0.2) is 5.16 Å². The highest BCUT2D eigenvalue weighted by atomic mass is 32.2. The summed E-state index contributed by atoms with van der Waals surface area (Å²) >= 11 is 1.42. The number of aromatic nitrogens is 2. The smallest absolute Gasteiger partial charge is 0.240 e. The van der Waals surface area contributed by atoms with Crippen molar-refractivity contribution in [1.82, 2.24) is 9.97 Å². The minimum atomic E-state index is -0.253. The number of fused-ring (bicyclic) bond motifs is 1. The van der Waals surface area contributed by atoms with Gasteiger partial charge in [-0.25, -0.2) is 4.98 Å². The summed E-state index contributed by atoms with van der Waals surface area (Å²) < 4.78 is 5.51. The molecular weight excluding hydrogens is 334 g/mol. The van der Waals surface area contributed by atoms with Gasteiger partial charge >= 0.3 is 0 Å². The van der Waals surface area contributed by atoms with Gasteiger partial charge in [0, 0.05) is 18.8 Å². The number of carbonyl (C=O) groups excluding carboxylic acids is 1. The van der Waals surface area contributed by atoms with E-state index in [0.29, 0.717) is 6.61 Å². The number of rotatable bonds is 6. The number of aromatic amines is 1. The van der Waals surface area contributed by atoms with Gasteiger partial charge in [-0.05, 0) is 38.1 Å². The molecule has 0 saturated carbocycles. The molecule has 3 aromatic rings. The van der Waals surface area contributed by atoms with Crippen molar-refractivity contribution in [3.8, 4) is 5.75 Å². The number of hydrogen-bond donors (Lipinski definition) is 1. The Morgan fingerprint density at radius 2 is 2.04 bits per heavy atom. The lowest BCUT2D eigenvalue weighted by Crippen LogP contribution is -2.33. The lowest BCUT2D eigenvalue weighted by Gasteiger charge is -2.20. The monoisotopic (exact) mass is 355 g/mol. The first kappa shape index (κ1) is 17.4. The summed E-state index contributed by atoms with van der Waals surface area (Å²) in [6.45, 7) is 4.47. The molecule has 1 atom stereocenters. The Kier molecular flexibility index (Phi) is 5.28. The van der Waals surface area contributed by atoms with Crippen molar-refractivity contribution in [3.05, 3.63) is 48.5 Å². The number of anilines is 1. The van der Waals surface area contributed by atoms with Gasteiger partial charge in [-0.2, -0.15) is 0 Å². The number of imidazole rings is 1. The first-order valence-corrected chi connectivity index (χ1v) is 9.08. The van der Waals surface area contributed by atoms with Crippen LogP contribution >= 0.6 is 11.8 Å². The number of nitrogens with one attached hydrogen (secondary N) is 1. The Morgan fingerprint density at radius 1 is 1.28 bits per heavy atom. The Morgan fingerprint density at radius 3 is 2.76 bits per heavy atom. The highest BCUT2D eigenvalue weighted by Gasteiger charge is 2.21. The zero-order valence-corrected chi connectivity index (χ0v) is 15.3. The normalized spacial score (nSPS) is 12.1. The van der Waals surface area contributed by atoms with Gasteiger partial charge in [-0.1, -0.05) is 30.0 Å². The molecular formula is C19H21N3O2S. The van der Waals surface area contributed by atoms with Crippen molar-refractivity contribution >= 4 is 34.4 Å². The maximum atomic E-state index is 12.6. The van der Waals surface area contributed by atoms with E-state index < -0.39 is 0 Å². The zero-order valence-electron chi connectivity index (χ0n) is 14.5. The molecule has 2 aromatic carbocycles. The Balaban J connectivity index is 1.72. The van der Waals surface area contributed by atoms with Gasteiger partial charge in [0.1, 0.15) is 5.75 Å². The molecule has 1 heterocycles. The van der Waals surface area contributed by atoms with Gasteiger partial charge in [-0.3, -0.25) is 4.79 Å². The minimum Gasteiger partial charge on any atom is -0.494 e. The topological polar surface area (TPSA) is 58.2 Å². The highest BCUT2D eigenvalue weighted by molar-refractivity contribution is 8.00. The lowest BCUT2D eigenvalue weighted by molar-refractivity contribution is -0.117. The van der Waals surface area contributed by atoms with E-state index in [1.165, 1.54) is 11.8 Å². The van der Waals surface area contributed by atoms with Gasteiger partial charge < -0.3 is 14.6 Å². The Bertz CT molecular complexity index is 863. The van der Waals surface area contributed by atoms with E-state index in [0.717, 1.165) is 27.6 Å². The number of ether oxygens (including phenoxy) is 1. The Hall–Kier alpha value is -2.47. The summed E-state index contributed by atoms with van der Waals surface area (Å²) in [4.78, 5) is 22.1. The molecule has 0 radical (unpaired) electrons. The second-order valence-corrected chi connectivity index (χ2v) is 6.98. The van der Waals surface area contributed by atoms with Crippen LogP contribution in [0.25, 0.3) is 11.0 Å². The van der Waals surface area contributed by atoms with E-state index >= 15 is 0 Å². The van der Waals surface area contributed by atoms with E-state index in [1.54, 1.807) is 11.9 Å².